The van der Waals surface area contributed by atoms with Crippen LogP contribution in [0, 0.1) is 0 Å². The van der Waals surface area contributed by atoms with Crippen LogP contribution in [0.15, 0.2) is 42.5 Å². The summed E-state index contributed by atoms with van der Waals surface area (Å²) in [7, 11) is 0. The zero-order valence-corrected chi connectivity index (χ0v) is 11.6. The number of benzene rings is 2. The van der Waals surface area contributed by atoms with Crippen molar-refractivity contribution in [1.29, 1.82) is 0 Å². The molecule has 0 aliphatic heterocycles. The van der Waals surface area contributed by atoms with Crippen molar-refractivity contribution >= 4 is 37.5 Å². The van der Waals surface area contributed by atoms with Crippen LogP contribution in [-0.4, -0.2) is 22.8 Å². The molecule has 0 atom stereocenters. The third kappa shape index (κ3) is 2.21. The largest absolute Gasteiger partial charge is 0.350 e. The van der Waals surface area contributed by atoms with Gasteiger partial charge in [-0.2, -0.15) is 0 Å². The van der Waals surface area contributed by atoms with Gasteiger partial charge in [-0.05, 0) is 18.1 Å². The van der Waals surface area contributed by atoms with E-state index < -0.39 is 6.03 Å². The number of fused-ring (bicyclic) bond motifs is 3. The molecule has 0 saturated carbocycles. The van der Waals surface area contributed by atoms with Crippen LogP contribution < -0.4 is 5.73 Å². The first-order valence-corrected chi connectivity index (χ1v) is 7.13. The molecule has 0 spiro atoms. The van der Waals surface area contributed by atoms with Gasteiger partial charge in [0.05, 0.1) is 6.54 Å². The molecule has 2 amide bonds. The first-order chi connectivity index (χ1) is 9.66. The van der Waals surface area contributed by atoms with E-state index in [9.17, 15) is 10.0 Å². The Hall–Kier alpha value is -2.11. The van der Waals surface area contributed by atoms with E-state index in [0.29, 0.717) is 11.5 Å². The fraction of sp³-hybridized carbons (Fsp3) is 0.133. The second-order valence-corrected chi connectivity index (χ2v) is 5.66. The molecule has 1 aromatic heterocycles. The molecule has 0 aliphatic rings. The first kappa shape index (κ1) is 12.9. The van der Waals surface area contributed by atoms with Gasteiger partial charge in [-0.15, -0.1) is 11.3 Å². The number of primary amides is 1. The Morgan fingerprint density at radius 3 is 2.70 bits per heavy atom. The van der Waals surface area contributed by atoms with E-state index in [4.69, 9.17) is 5.73 Å². The van der Waals surface area contributed by atoms with E-state index in [1.54, 1.807) is 11.3 Å². The molecule has 0 aliphatic carbocycles. The van der Waals surface area contributed by atoms with E-state index in [0.717, 1.165) is 5.56 Å². The van der Waals surface area contributed by atoms with Crippen LogP contribution in [0.2, 0.25) is 0 Å². The van der Waals surface area contributed by atoms with Crippen molar-refractivity contribution in [1.82, 2.24) is 5.06 Å². The fourth-order valence-corrected chi connectivity index (χ4v) is 3.58. The Morgan fingerprint density at radius 1 is 1.15 bits per heavy atom. The molecule has 3 N–H and O–H groups in total. The van der Waals surface area contributed by atoms with Crippen molar-refractivity contribution in [2.24, 2.45) is 5.73 Å². The van der Waals surface area contributed by atoms with Gasteiger partial charge < -0.3 is 5.73 Å². The smallest absolute Gasteiger partial charge is 0.338 e. The summed E-state index contributed by atoms with van der Waals surface area (Å²) in [6.45, 7) is 0.197. The highest BCUT2D eigenvalue weighted by Gasteiger charge is 2.10. The predicted octanol–water partition coefficient (Wildman–Crippen LogP) is 3.37. The molecular weight excluding hydrogens is 272 g/mol. The van der Waals surface area contributed by atoms with Gasteiger partial charge in [0.15, 0.2) is 0 Å². The first-order valence-electron chi connectivity index (χ1n) is 6.32. The van der Waals surface area contributed by atoms with Crippen molar-refractivity contribution in [3.05, 3.63) is 48.0 Å². The molecule has 1 heterocycles. The Morgan fingerprint density at radius 2 is 1.90 bits per heavy atom. The number of carbonyl (C=O) groups is 1. The second-order valence-electron chi connectivity index (χ2n) is 4.60. The molecule has 0 radical (unpaired) electrons. The van der Waals surface area contributed by atoms with Crippen LogP contribution in [0.5, 0.6) is 0 Å². The average molecular weight is 286 g/mol. The van der Waals surface area contributed by atoms with E-state index >= 15 is 0 Å². The molecule has 0 unspecified atom stereocenters. The summed E-state index contributed by atoms with van der Waals surface area (Å²) in [5.74, 6) is 0. The lowest BCUT2D eigenvalue weighted by Crippen LogP contribution is -2.34. The van der Waals surface area contributed by atoms with Crippen molar-refractivity contribution in [3.8, 4) is 0 Å². The minimum atomic E-state index is -0.825. The molecule has 4 nitrogen and oxygen atoms in total. The second kappa shape index (κ2) is 5.11. The van der Waals surface area contributed by atoms with Crippen molar-refractivity contribution < 1.29 is 10.0 Å². The highest BCUT2D eigenvalue weighted by Crippen LogP contribution is 2.35. The molecule has 0 saturated heterocycles. The lowest BCUT2D eigenvalue weighted by atomic mass is 10.1. The number of nitrogens with two attached hydrogens (primary N) is 1. The van der Waals surface area contributed by atoms with Crippen molar-refractivity contribution in [2.45, 2.75) is 6.42 Å². The normalized spacial score (nSPS) is 11.1. The van der Waals surface area contributed by atoms with Crippen LogP contribution in [-0.2, 0) is 6.42 Å². The average Bonchev–Trinajstić information content (AvgIpc) is 2.83. The Bertz CT molecular complexity index is 782. The zero-order valence-electron chi connectivity index (χ0n) is 10.7. The van der Waals surface area contributed by atoms with Crippen LogP contribution in [0.3, 0.4) is 0 Å². The van der Waals surface area contributed by atoms with Crippen molar-refractivity contribution in [2.75, 3.05) is 6.54 Å². The molecule has 5 heteroatoms. The number of carbonyl (C=O) groups excluding carboxylic acids is 1. The van der Waals surface area contributed by atoms with Gasteiger partial charge in [0, 0.05) is 20.2 Å². The summed E-state index contributed by atoms with van der Waals surface area (Å²) in [5, 5.41) is 12.4. The molecule has 0 bridgehead atoms. The van der Waals surface area contributed by atoms with Gasteiger partial charge in [-0.3, -0.25) is 5.21 Å². The van der Waals surface area contributed by atoms with Crippen LogP contribution >= 0.6 is 11.3 Å². The Labute approximate surface area is 120 Å². The maximum absolute atomic E-state index is 10.8. The molecule has 0 fully saturated rings. The monoisotopic (exact) mass is 286 g/mol. The summed E-state index contributed by atoms with van der Waals surface area (Å²) < 4.78 is 2.44. The number of amides is 2. The van der Waals surface area contributed by atoms with Gasteiger partial charge in [-0.1, -0.05) is 36.4 Å². The number of rotatable bonds is 3. The number of hydrogen-bond acceptors (Lipinski definition) is 3. The number of urea groups is 1. The van der Waals surface area contributed by atoms with E-state index in [-0.39, 0.29) is 6.54 Å². The summed E-state index contributed by atoms with van der Waals surface area (Å²) >= 11 is 1.73. The van der Waals surface area contributed by atoms with Crippen LogP contribution in [0.25, 0.3) is 20.2 Å². The summed E-state index contributed by atoms with van der Waals surface area (Å²) in [6, 6.07) is 13.6. The molecule has 3 rings (SSSR count). The van der Waals surface area contributed by atoms with Gasteiger partial charge >= 0.3 is 6.03 Å². The molecule has 20 heavy (non-hydrogen) atoms. The van der Waals surface area contributed by atoms with Crippen LogP contribution in [0.4, 0.5) is 4.79 Å². The number of thiophene rings is 1. The number of hydrogen-bond donors (Lipinski definition) is 2. The topological polar surface area (TPSA) is 66.6 Å². The minimum absolute atomic E-state index is 0.197. The van der Waals surface area contributed by atoms with Gasteiger partial charge in [0.2, 0.25) is 0 Å². The quantitative estimate of drug-likeness (QED) is 0.572. The third-order valence-electron chi connectivity index (χ3n) is 3.33. The fourth-order valence-electron chi connectivity index (χ4n) is 2.34. The molecule has 2 aromatic carbocycles. The molecular formula is C15H14N2O2S. The summed E-state index contributed by atoms with van der Waals surface area (Å²) in [6.07, 6.45) is 0.573. The van der Waals surface area contributed by atoms with Gasteiger partial charge in [0.25, 0.3) is 0 Å². The lowest BCUT2D eigenvalue weighted by Gasteiger charge is -2.11. The van der Waals surface area contributed by atoms with E-state index in [1.165, 1.54) is 20.2 Å². The summed E-state index contributed by atoms with van der Waals surface area (Å²) in [4.78, 5) is 10.8. The number of hydroxylamine groups is 2. The molecule has 102 valence electrons. The van der Waals surface area contributed by atoms with Crippen LogP contribution in [0.1, 0.15) is 5.56 Å². The van der Waals surface area contributed by atoms with E-state index in [2.05, 4.69) is 18.2 Å². The highest BCUT2D eigenvalue weighted by molar-refractivity contribution is 7.26. The SMILES string of the molecule is NC(=O)N(O)CCc1cccc2c1sc1ccccc12. The standard InChI is InChI=1S/C15H14N2O2S/c16-15(18)17(19)9-8-10-4-3-6-12-11-5-1-2-7-13(11)20-14(10)12/h1-7,19H,8-9H2,(H2,16,18). The minimum Gasteiger partial charge on any atom is -0.350 e. The third-order valence-corrected chi connectivity index (χ3v) is 4.60. The van der Waals surface area contributed by atoms with Crippen molar-refractivity contribution in [3.63, 3.8) is 0 Å². The maximum Gasteiger partial charge on any atom is 0.338 e. The zero-order chi connectivity index (χ0) is 14.1. The summed E-state index contributed by atoms with van der Waals surface area (Å²) in [5.41, 5.74) is 6.13. The van der Waals surface area contributed by atoms with E-state index in [1.807, 2.05) is 24.3 Å². The van der Waals surface area contributed by atoms with Gasteiger partial charge in [-0.25, -0.2) is 9.86 Å². The Balaban J connectivity index is 2.01. The lowest BCUT2D eigenvalue weighted by molar-refractivity contribution is -0.0381. The van der Waals surface area contributed by atoms with Gasteiger partial charge in [0.1, 0.15) is 0 Å². The predicted molar refractivity (Wildman–Crippen MR) is 81.1 cm³/mol. The number of nitrogens with zero attached hydrogens (tertiary/aromatic N) is 1. The molecule has 3 aromatic rings. The highest BCUT2D eigenvalue weighted by atomic mass is 32.1. The maximum atomic E-state index is 10.8. The Kier molecular flexibility index (Phi) is 3.30.